The standard InChI is InChI=1S/C12H16N2O2S/c1-3-9(8-13)6-10-4-5-11(14)12(7-10)17(2,15)16/h4-5,7,9H,3,6,14H2,1-2H3. The van der Waals surface area contributed by atoms with Crippen molar-refractivity contribution in [3.8, 4) is 6.07 Å². The van der Waals surface area contributed by atoms with Gasteiger partial charge in [-0.2, -0.15) is 5.26 Å². The number of hydrogen-bond donors (Lipinski definition) is 1. The zero-order valence-corrected chi connectivity index (χ0v) is 10.8. The maximum Gasteiger partial charge on any atom is 0.177 e. The summed E-state index contributed by atoms with van der Waals surface area (Å²) in [5, 5.41) is 8.88. The summed E-state index contributed by atoms with van der Waals surface area (Å²) in [5.41, 5.74) is 6.71. The number of nitrogen functional groups attached to an aromatic ring is 1. The summed E-state index contributed by atoms with van der Waals surface area (Å²) in [7, 11) is -3.31. The Bertz CT molecular complexity index is 544. The van der Waals surface area contributed by atoms with Gasteiger partial charge in [-0.1, -0.05) is 13.0 Å². The first-order chi connectivity index (χ1) is 7.88. The van der Waals surface area contributed by atoms with Crippen molar-refractivity contribution in [2.24, 2.45) is 5.92 Å². The molecule has 5 heteroatoms. The average molecular weight is 252 g/mol. The minimum Gasteiger partial charge on any atom is -0.398 e. The Labute approximate surface area is 102 Å². The van der Waals surface area contributed by atoms with Gasteiger partial charge in [0.1, 0.15) is 0 Å². The molecule has 0 aliphatic heterocycles. The van der Waals surface area contributed by atoms with Crippen LogP contribution in [0, 0.1) is 17.2 Å². The lowest BCUT2D eigenvalue weighted by atomic mass is 9.98. The van der Waals surface area contributed by atoms with Gasteiger partial charge in [-0.15, -0.1) is 0 Å². The maximum atomic E-state index is 11.5. The van der Waals surface area contributed by atoms with Crippen LogP contribution in [0.4, 0.5) is 5.69 Å². The van der Waals surface area contributed by atoms with Crippen LogP contribution in [-0.4, -0.2) is 14.7 Å². The minimum atomic E-state index is -3.31. The lowest BCUT2D eigenvalue weighted by Crippen LogP contribution is -2.05. The molecule has 0 aromatic heterocycles. The molecule has 4 nitrogen and oxygen atoms in total. The molecule has 0 fully saturated rings. The van der Waals surface area contributed by atoms with E-state index in [4.69, 9.17) is 11.0 Å². The summed E-state index contributed by atoms with van der Waals surface area (Å²) in [4.78, 5) is 0.141. The molecule has 1 rings (SSSR count). The molecule has 2 N–H and O–H groups in total. The fraction of sp³-hybridized carbons (Fsp3) is 0.417. The summed E-state index contributed by atoms with van der Waals surface area (Å²) < 4.78 is 23.0. The second-order valence-corrected chi connectivity index (χ2v) is 6.07. The Morgan fingerprint density at radius 3 is 2.59 bits per heavy atom. The molecule has 0 saturated carbocycles. The van der Waals surface area contributed by atoms with Crippen LogP contribution in [-0.2, 0) is 16.3 Å². The predicted molar refractivity (Wildman–Crippen MR) is 67.1 cm³/mol. The van der Waals surface area contributed by atoms with Crippen LogP contribution in [0.15, 0.2) is 23.1 Å². The molecule has 1 unspecified atom stereocenters. The molecule has 0 spiro atoms. The normalized spacial score (nSPS) is 13.0. The highest BCUT2D eigenvalue weighted by atomic mass is 32.2. The number of hydrogen-bond acceptors (Lipinski definition) is 4. The van der Waals surface area contributed by atoms with Gasteiger partial charge >= 0.3 is 0 Å². The number of nitrogens with zero attached hydrogens (tertiary/aromatic N) is 1. The largest absolute Gasteiger partial charge is 0.398 e. The van der Waals surface area contributed by atoms with Crippen molar-refractivity contribution in [1.29, 1.82) is 5.26 Å². The third-order valence-corrected chi connectivity index (χ3v) is 3.79. The van der Waals surface area contributed by atoms with E-state index in [2.05, 4.69) is 6.07 Å². The Morgan fingerprint density at radius 2 is 2.12 bits per heavy atom. The number of nitrogens with two attached hydrogens (primary N) is 1. The molecule has 1 atom stereocenters. The van der Waals surface area contributed by atoms with Crippen LogP contribution in [0.2, 0.25) is 0 Å². The van der Waals surface area contributed by atoms with E-state index in [-0.39, 0.29) is 16.5 Å². The minimum absolute atomic E-state index is 0.0916. The molecule has 0 radical (unpaired) electrons. The van der Waals surface area contributed by atoms with Crippen molar-refractivity contribution >= 4 is 15.5 Å². The molecule has 1 aromatic carbocycles. The summed E-state index contributed by atoms with van der Waals surface area (Å²) in [6.07, 6.45) is 2.43. The number of sulfone groups is 1. The fourth-order valence-electron chi connectivity index (χ4n) is 1.59. The summed E-state index contributed by atoms with van der Waals surface area (Å²) >= 11 is 0. The smallest absolute Gasteiger partial charge is 0.177 e. The number of anilines is 1. The van der Waals surface area contributed by atoms with Crippen LogP contribution in [0.25, 0.3) is 0 Å². The zero-order chi connectivity index (χ0) is 13.1. The highest BCUT2D eigenvalue weighted by Crippen LogP contribution is 2.22. The van der Waals surface area contributed by atoms with Crippen molar-refractivity contribution < 1.29 is 8.42 Å². The third-order valence-electron chi connectivity index (χ3n) is 2.63. The van der Waals surface area contributed by atoms with Gasteiger partial charge in [0.2, 0.25) is 0 Å². The number of rotatable bonds is 4. The van der Waals surface area contributed by atoms with E-state index in [0.717, 1.165) is 18.2 Å². The fourth-order valence-corrected chi connectivity index (χ4v) is 2.45. The second-order valence-electron chi connectivity index (χ2n) is 4.08. The highest BCUT2D eigenvalue weighted by Gasteiger charge is 2.14. The first-order valence-corrected chi connectivity index (χ1v) is 7.25. The van der Waals surface area contributed by atoms with Crippen molar-refractivity contribution in [2.45, 2.75) is 24.7 Å². The molecule has 17 heavy (non-hydrogen) atoms. The van der Waals surface area contributed by atoms with Crippen molar-refractivity contribution in [1.82, 2.24) is 0 Å². The van der Waals surface area contributed by atoms with Crippen LogP contribution in [0.5, 0.6) is 0 Å². The molecule has 1 aromatic rings. The van der Waals surface area contributed by atoms with Crippen LogP contribution in [0.3, 0.4) is 0 Å². The van der Waals surface area contributed by atoms with Gasteiger partial charge in [0.15, 0.2) is 9.84 Å². The molecule has 0 heterocycles. The number of nitriles is 1. The Hall–Kier alpha value is -1.54. The predicted octanol–water partition coefficient (Wildman–Crippen LogP) is 1.76. The second kappa shape index (κ2) is 5.19. The summed E-state index contributed by atoms with van der Waals surface area (Å²) in [6, 6.07) is 7.10. The Balaban J connectivity index is 3.10. The quantitative estimate of drug-likeness (QED) is 0.827. The highest BCUT2D eigenvalue weighted by molar-refractivity contribution is 7.90. The van der Waals surface area contributed by atoms with E-state index in [0.29, 0.717) is 6.42 Å². The van der Waals surface area contributed by atoms with Crippen LogP contribution in [0.1, 0.15) is 18.9 Å². The van der Waals surface area contributed by atoms with E-state index in [1.165, 1.54) is 0 Å². The third kappa shape index (κ3) is 3.46. The van der Waals surface area contributed by atoms with Gasteiger partial charge in [0, 0.05) is 6.26 Å². The van der Waals surface area contributed by atoms with Crippen LogP contribution < -0.4 is 5.73 Å². The maximum absolute atomic E-state index is 11.5. The molecule has 0 amide bonds. The Morgan fingerprint density at radius 1 is 1.47 bits per heavy atom. The molecule has 0 saturated heterocycles. The van der Waals surface area contributed by atoms with Gasteiger partial charge < -0.3 is 5.73 Å². The lowest BCUT2D eigenvalue weighted by Gasteiger charge is -2.09. The monoisotopic (exact) mass is 252 g/mol. The first-order valence-electron chi connectivity index (χ1n) is 5.36. The van der Waals surface area contributed by atoms with Crippen molar-refractivity contribution in [3.05, 3.63) is 23.8 Å². The molecule has 0 aliphatic carbocycles. The van der Waals surface area contributed by atoms with E-state index in [1.54, 1.807) is 18.2 Å². The van der Waals surface area contributed by atoms with E-state index in [1.807, 2.05) is 6.92 Å². The SMILES string of the molecule is CCC(C#N)Cc1ccc(N)c(S(C)(=O)=O)c1. The van der Waals surface area contributed by atoms with E-state index >= 15 is 0 Å². The topological polar surface area (TPSA) is 83.9 Å². The lowest BCUT2D eigenvalue weighted by molar-refractivity contribution is 0.601. The first kappa shape index (κ1) is 13.5. The summed E-state index contributed by atoms with van der Waals surface area (Å²) in [5.74, 6) is -0.0916. The van der Waals surface area contributed by atoms with Gasteiger partial charge in [-0.25, -0.2) is 8.42 Å². The van der Waals surface area contributed by atoms with E-state index in [9.17, 15) is 8.42 Å². The average Bonchev–Trinajstić information content (AvgIpc) is 2.26. The molecule has 92 valence electrons. The van der Waals surface area contributed by atoms with Crippen LogP contribution >= 0.6 is 0 Å². The molecular weight excluding hydrogens is 236 g/mol. The van der Waals surface area contributed by atoms with Gasteiger partial charge in [0.05, 0.1) is 22.6 Å². The Kier molecular flexibility index (Phi) is 4.13. The van der Waals surface area contributed by atoms with E-state index < -0.39 is 9.84 Å². The van der Waals surface area contributed by atoms with Crippen molar-refractivity contribution in [2.75, 3.05) is 12.0 Å². The van der Waals surface area contributed by atoms with Gasteiger partial charge in [-0.05, 0) is 30.5 Å². The summed E-state index contributed by atoms with van der Waals surface area (Å²) in [6.45, 7) is 1.93. The van der Waals surface area contributed by atoms with Gasteiger partial charge in [-0.3, -0.25) is 0 Å². The van der Waals surface area contributed by atoms with Crippen molar-refractivity contribution in [3.63, 3.8) is 0 Å². The van der Waals surface area contributed by atoms with Gasteiger partial charge in [0.25, 0.3) is 0 Å². The molecular formula is C12H16N2O2S. The molecule has 0 aliphatic rings. The number of benzene rings is 1. The zero-order valence-electron chi connectivity index (χ0n) is 9.97. The molecule has 0 bridgehead atoms.